The fraction of sp³-hybridized carbons (Fsp3) is 0.588. The molecule has 0 saturated carbocycles. The fourth-order valence-corrected chi connectivity index (χ4v) is 2.87. The molecule has 0 spiro atoms. The Morgan fingerprint density at radius 3 is 2.57 bits per heavy atom. The minimum atomic E-state index is -0.546. The van der Waals surface area contributed by atoms with Crippen LogP contribution in [0.25, 0.3) is 0 Å². The van der Waals surface area contributed by atoms with Crippen molar-refractivity contribution < 1.29 is 13.9 Å². The first-order valence-corrected chi connectivity index (χ1v) is 7.56. The quantitative estimate of drug-likeness (QED) is 0.835. The van der Waals surface area contributed by atoms with E-state index < -0.39 is 11.4 Å². The first-order chi connectivity index (χ1) is 9.96. The number of rotatable bonds is 5. The molecule has 1 aliphatic rings. The molecule has 0 aromatic heterocycles. The van der Waals surface area contributed by atoms with Crippen LogP contribution in [0.3, 0.4) is 0 Å². The topological polar surface area (TPSA) is 29.5 Å². The number of hydrogen-bond acceptors (Lipinski definition) is 3. The summed E-state index contributed by atoms with van der Waals surface area (Å²) in [4.78, 5) is 14.9. The summed E-state index contributed by atoms with van der Waals surface area (Å²) < 4.78 is 19.1. The maximum absolute atomic E-state index is 14.2. The average Bonchev–Trinajstić information content (AvgIpc) is 2.50. The predicted octanol–water partition coefficient (Wildman–Crippen LogP) is 3.21. The zero-order valence-electron chi connectivity index (χ0n) is 13.1. The Bertz CT molecular complexity index is 508. The van der Waals surface area contributed by atoms with Crippen molar-refractivity contribution in [2.75, 3.05) is 20.2 Å². The molecule has 0 aliphatic carbocycles. The van der Waals surface area contributed by atoms with Gasteiger partial charge in [-0.1, -0.05) is 18.6 Å². The Labute approximate surface area is 126 Å². The molecule has 1 aromatic rings. The second-order valence-electron chi connectivity index (χ2n) is 6.14. The summed E-state index contributed by atoms with van der Waals surface area (Å²) in [7, 11) is 1.43. The van der Waals surface area contributed by atoms with Gasteiger partial charge in [0.05, 0.1) is 12.6 Å². The molecular weight excluding hydrogens is 269 g/mol. The van der Waals surface area contributed by atoms with Crippen LogP contribution in [-0.4, -0.2) is 36.4 Å². The highest BCUT2D eigenvalue weighted by Gasteiger charge is 2.35. The Kier molecular flexibility index (Phi) is 4.99. The molecule has 0 radical (unpaired) electrons. The molecule has 0 atom stereocenters. The molecule has 0 bridgehead atoms. The van der Waals surface area contributed by atoms with Gasteiger partial charge in [0.25, 0.3) is 0 Å². The molecule has 116 valence electrons. The minimum absolute atomic E-state index is 0.0524. The molecule has 1 aromatic carbocycles. The van der Waals surface area contributed by atoms with Crippen LogP contribution in [0.2, 0.25) is 0 Å². The Morgan fingerprint density at radius 1 is 1.29 bits per heavy atom. The second kappa shape index (κ2) is 6.56. The van der Waals surface area contributed by atoms with E-state index in [9.17, 15) is 9.18 Å². The number of ketones is 1. The van der Waals surface area contributed by atoms with Gasteiger partial charge in [-0.15, -0.1) is 0 Å². The van der Waals surface area contributed by atoms with Crippen LogP contribution in [0.4, 0.5) is 4.39 Å². The smallest absolute Gasteiger partial charge is 0.168 e. The highest BCUT2D eigenvalue weighted by molar-refractivity contribution is 5.89. The van der Waals surface area contributed by atoms with Gasteiger partial charge in [-0.2, -0.15) is 0 Å². The molecule has 1 aliphatic heterocycles. The number of carbonyl (C=O) groups is 1. The van der Waals surface area contributed by atoms with Gasteiger partial charge in [-0.25, -0.2) is 4.39 Å². The molecule has 21 heavy (non-hydrogen) atoms. The summed E-state index contributed by atoms with van der Waals surface area (Å²) in [6.45, 7) is 5.77. The highest BCUT2D eigenvalue weighted by Crippen LogP contribution is 2.25. The molecule has 1 heterocycles. The van der Waals surface area contributed by atoms with E-state index in [-0.39, 0.29) is 18.0 Å². The fourth-order valence-electron chi connectivity index (χ4n) is 2.87. The van der Waals surface area contributed by atoms with Crippen LogP contribution in [0.1, 0.15) is 38.7 Å². The first kappa shape index (κ1) is 16.0. The van der Waals surface area contributed by atoms with E-state index in [1.807, 2.05) is 13.8 Å². The van der Waals surface area contributed by atoms with Crippen LogP contribution in [0.5, 0.6) is 5.75 Å². The van der Waals surface area contributed by atoms with Gasteiger partial charge in [0.1, 0.15) is 0 Å². The number of hydrogen-bond donors (Lipinski definition) is 0. The van der Waals surface area contributed by atoms with Crippen LogP contribution < -0.4 is 4.74 Å². The van der Waals surface area contributed by atoms with E-state index in [0.29, 0.717) is 5.56 Å². The third kappa shape index (κ3) is 3.43. The summed E-state index contributed by atoms with van der Waals surface area (Å²) >= 11 is 0. The van der Waals surface area contributed by atoms with Gasteiger partial charge >= 0.3 is 0 Å². The standard InChI is InChI=1S/C17H24FNO2/c1-17(2,19-10-5-4-6-11-19)15(20)12-13-8-7-9-14(21-3)16(13)18/h7-9H,4-6,10-12H2,1-3H3. The van der Waals surface area contributed by atoms with Crippen LogP contribution in [0, 0.1) is 5.82 Å². The van der Waals surface area contributed by atoms with Crippen molar-refractivity contribution >= 4 is 5.78 Å². The molecule has 0 amide bonds. The molecule has 0 N–H and O–H groups in total. The van der Waals surface area contributed by atoms with Gasteiger partial charge in [-0.05, 0) is 51.4 Å². The van der Waals surface area contributed by atoms with E-state index in [0.717, 1.165) is 25.9 Å². The van der Waals surface area contributed by atoms with Gasteiger partial charge in [0, 0.05) is 6.42 Å². The van der Waals surface area contributed by atoms with Crippen molar-refractivity contribution in [2.45, 2.75) is 45.1 Å². The zero-order valence-corrected chi connectivity index (χ0v) is 13.1. The number of benzene rings is 1. The lowest BCUT2D eigenvalue weighted by Gasteiger charge is -2.39. The number of methoxy groups -OCH3 is 1. The SMILES string of the molecule is COc1cccc(CC(=O)C(C)(C)N2CCCCC2)c1F. The van der Waals surface area contributed by atoms with Crippen molar-refractivity contribution in [2.24, 2.45) is 0 Å². The molecule has 1 fully saturated rings. The van der Waals surface area contributed by atoms with Crippen molar-refractivity contribution in [3.8, 4) is 5.75 Å². The number of halogens is 1. The Morgan fingerprint density at radius 2 is 1.95 bits per heavy atom. The highest BCUT2D eigenvalue weighted by atomic mass is 19.1. The zero-order chi connectivity index (χ0) is 15.5. The van der Waals surface area contributed by atoms with Gasteiger partial charge < -0.3 is 4.74 Å². The van der Waals surface area contributed by atoms with E-state index in [1.165, 1.54) is 13.5 Å². The maximum Gasteiger partial charge on any atom is 0.168 e. The first-order valence-electron chi connectivity index (χ1n) is 7.56. The van der Waals surface area contributed by atoms with Crippen molar-refractivity contribution in [3.63, 3.8) is 0 Å². The second-order valence-corrected chi connectivity index (χ2v) is 6.14. The minimum Gasteiger partial charge on any atom is -0.494 e. The normalized spacial score (nSPS) is 16.8. The number of ether oxygens (including phenoxy) is 1. The third-order valence-corrected chi connectivity index (χ3v) is 4.44. The third-order valence-electron chi connectivity index (χ3n) is 4.44. The average molecular weight is 293 g/mol. The summed E-state index contributed by atoms with van der Waals surface area (Å²) in [6, 6.07) is 4.94. The Balaban J connectivity index is 2.13. The predicted molar refractivity (Wildman–Crippen MR) is 81.2 cm³/mol. The summed E-state index contributed by atoms with van der Waals surface area (Å²) in [5.74, 6) is -0.185. The number of piperidine rings is 1. The lowest BCUT2D eigenvalue weighted by atomic mass is 9.89. The lowest BCUT2D eigenvalue weighted by molar-refractivity contribution is -0.129. The van der Waals surface area contributed by atoms with Crippen molar-refractivity contribution in [3.05, 3.63) is 29.6 Å². The van der Waals surface area contributed by atoms with Crippen LogP contribution in [0.15, 0.2) is 18.2 Å². The van der Waals surface area contributed by atoms with E-state index in [2.05, 4.69) is 4.90 Å². The molecule has 1 saturated heterocycles. The van der Waals surface area contributed by atoms with E-state index in [1.54, 1.807) is 18.2 Å². The van der Waals surface area contributed by atoms with E-state index >= 15 is 0 Å². The van der Waals surface area contributed by atoms with E-state index in [4.69, 9.17) is 4.74 Å². The van der Waals surface area contributed by atoms with Crippen molar-refractivity contribution in [1.29, 1.82) is 0 Å². The summed E-state index contributed by atoms with van der Waals surface area (Å²) in [5.41, 5.74) is -0.139. The molecule has 3 nitrogen and oxygen atoms in total. The number of likely N-dealkylation sites (tertiary alicyclic amines) is 1. The number of carbonyl (C=O) groups excluding carboxylic acids is 1. The van der Waals surface area contributed by atoms with Crippen LogP contribution >= 0.6 is 0 Å². The van der Waals surface area contributed by atoms with Gasteiger partial charge in [-0.3, -0.25) is 9.69 Å². The number of nitrogens with zero attached hydrogens (tertiary/aromatic N) is 1. The van der Waals surface area contributed by atoms with Gasteiger partial charge in [0.15, 0.2) is 17.3 Å². The molecular formula is C17H24FNO2. The Hall–Kier alpha value is -1.42. The molecule has 4 heteroatoms. The largest absolute Gasteiger partial charge is 0.494 e. The van der Waals surface area contributed by atoms with Crippen LogP contribution in [-0.2, 0) is 11.2 Å². The summed E-state index contributed by atoms with van der Waals surface area (Å²) in [6.07, 6.45) is 3.59. The molecule has 2 rings (SSSR count). The lowest BCUT2D eigenvalue weighted by Crippen LogP contribution is -2.52. The maximum atomic E-state index is 14.2. The van der Waals surface area contributed by atoms with Crippen molar-refractivity contribution in [1.82, 2.24) is 4.90 Å². The monoisotopic (exact) mass is 293 g/mol. The summed E-state index contributed by atoms with van der Waals surface area (Å²) in [5, 5.41) is 0. The number of Topliss-reactive ketones (excluding diaryl/α,β-unsaturated/α-hetero) is 1. The molecule has 0 unspecified atom stereocenters. The van der Waals surface area contributed by atoms with Gasteiger partial charge in [0.2, 0.25) is 0 Å².